The van der Waals surface area contributed by atoms with Crippen LogP contribution in [0.1, 0.15) is 55.6 Å². The monoisotopic (exact) mass is 405 g/mol. The number of nitrogens with one attached hydrogen (secondary N) is 1. The molecule has 3 aliphatic carbocycles. The van der Waals surface area contributed by atoms with Gasteiger partial charge < -0.3 is 15.2 Å². The Bertz CT molecular complexity index is 927. The van der Waals surface area contributed by atoms with Gasteiger partial charge in [-0.05, 0) is 53.4 Å². The van der Waals surface area contributed by atoms with Crippen molar-refractivity contribution in [2.75, 3.05) is 6.61 Å². The predicted molar refractivity (Wildman–Crippen MR) is 113 cm³/mol. The molecule has 2 bridgehead atoms. The molecule has 1 amide bonds. The van der Waals surface area contributed by atoms with Crippen molar-refractivity contribution in [3.8, 4) is 11.1 Å². The van der Waals surface area contributed by atoms with Gasteiger partial charge in [0.2, 0.25) is 0 Å². The Morgan fingerprint density at radius 2 is 1.53 bits per heavy atom. The number of carbonyl (C=O) groups excluding carboxylic acids is 1. The van der Waals surface area contributed by atoms with Crippen molar-refractivity contribution >= 4 is 12.1 Å². The molecule has 5 heteroatoms. The van der Waals surface area contributed by atoms with E-state index in [1.165, 1.54) is 22.3 Å². The fraction of sp³-hybridized carbons (Fsp3) is 0.440. The number of benzene rings is 2. The van der Waals surface area contributed by atoms with Gasteiger partial charge in [-0.3, -0.25) is 4.79 Å². The quantitative estimate of drug-likeness (QED) is 0.738. The van der Waals surface area contributed by atoms with Crippen molar-refractivity contribution in [2.24, 2.45) is 11.8 Å². The van der Waals surface area contributed by atoms with Crippen LogP contribution in [0.5, 0.6) is 0 Å². The second kappa shape index (κ2) is 7.46. The Balaban J connectivity index is 1.31. The molecular weight excluding hydrogens is 378 g/mol. The lowest BCUT2D eigenvalue weighted by atomic mass is 9.73. The molecule has 0 saturated heterocycles. The van der Waals surface area contributed by atoms with Gasteiger partial charge in [-0.2, -0.15) is 0 Å². The van der Waals surface area contributed by atoms with Gasteiger partial charge in [0.05, 0.1) is 12.0 Å². The summed E-state index contributed by atoms with van der Waals surface area (Å²) in [5, 5.41) is 12.5. The van der Waals surface area contributed by atoms with Crippen LogP contribution >= 0.6 is 0 Å². The van der Waals surface area contributed by atoms with E-state index in [0.717, 1.165) is 32.1 Å². The molecule has 2 fully saturated rings. The van der Waals surface area contributed by atoms with Gasteiger partial charge in [0.1, 0.15) is 6.61 Å². The van der Waals surface area contributed by atoms with Gasteiger partial charge in [0.15, 0.2) is 0 Å². The Morgan fingerprint density at radius 3 is 2.10 bits per heavy atom. The molecule has 0 heterocycles. The molecule has 156 valence electrons. The molecule has 2 N–H and O–H groups in total. The van der Waals surface area contributed by atoms with Crippen LogP contribution in [0.2, 0.25) is 0 Å². The van der Waals surface area contributed by atoms with Gasteiger partial charge in [0.25, 0.3) is 0 Å². The largest absolute Gasteiger partial charge is 0.481 e. The number of carbonyl (C=O) groups is 2. The number of aliphatic carboxylic acids is 1. The number of carboxylic acid groups (broad SMARTS) is 1. The Hall–Kier alpha value is -2.82. The highest BCUT2D eigenvalue weighted by atomic mass is 16.5. The molecule has 5 rings (SSSR count). The Morgan fingerprint density at radius 1 is 0.967 bits per heavy atom. The molecule has 3 aliphatic rings. The zero-order valence-corrected chi connectivity index (χ0v) is 17.0. The maximum atomic E-state index is 12.8. The second-order valence-electron chi connectivity index (χ2n) is 9.25. The molecule has 1 unspecified atom stereocenters. The lowest BCUT2D eigenvalue weighted by Gasteiger charge is -2.40. The molecule has 2 aromatic carbocycles. The van der Waals surface area contributed by atoms with E-state index in [-0.39, 0.29) is 18.9 Å². The third-order valence-electron chi connectivity index (χ3n) is 7.21. The van der Waals surface area contributed by atoms with E-state index >= 15 is 0 Å². The zero-order chi connectivity index (χ0) is 20.7. The SMILES string of the molecule is O=C(O)CC1(NC(=O)OCC2c3ccccc3-c3ccccc32)C[C@@H]2CC[C@@H](C2)C1. The van der Waals surface area contributed by atoms with Crippen LogP contribution in [0.25, 0.3) is 11.1 Å². The summed E-state index contributed by atoms with van der Waals surface area (Å²) in [7, 11) is 0. The number of fused-ring (bicyclic) bond motifs is 5. The minimum atomic E-state index is -0.866. The van der Waals surface area contributed by atoms with E-state index in [0.29, 0.717) is 11.8 Å². The number of amides is 1. The minimum Gasteiger partial charge on any atom is -0.481 e. The third-order valence-corrected chi connectivity index (χ3v) is 7.21. The number of carboxylic acids is 1. The van der Waals surface area contributed by atoms with Crippen LogP contribution < -0.4 is 5.32 Å². The van der Waals surface area contributed by atoms with Gasteiger partial charge >= 0.3 is 12.1 Å². The first kappa shape index (κ1) is 19.2. The Kier molecular flexibility index (Phi) is 4.76. The zero-order valence-electron chi connectivity index (χ0n) is 17.0. The summed E-state index contributed by atoms with van der Waals surface area (Å²) in [5.41, 5.74) is 4.03. The number of hydrogen-bond donors (Lipinski definition) is 2. The van der Waals surface area contributed by atoms with E-state index in [1.54, 1.807) is 0 Å². The van der Waals surface area contributed by atoms with Crippen molar-refractivity contribution < 1.29 is 19.4 Å². The summed E-state index contributed by atoms with van der Waals surface area (Å²) in [5.74, 6) is 0.158. The normalized spacial score (nSPS) is 26.7. The van der Waals surface area contributed by atoms with Crippen molar-refractivity contribution in [3.63, 3.8) is 0 Å². The van der Waals surface area contributed by atoms with Crippen LogP contribution in [-0.2, 0) is 9.53 Å². The fourth-order valence-electron chi connectivity index (χ4n) is 6.17. The summed E-state index contributed by atoms with van der Waals surface area (Å²) in [6.07, 6.45) is 4.37. The van der Waals surface area contributed by atoms with E-state index in [4.69, 9.17) is 4.74 Å². The van der Waals surface area contributed by atoms with Crippen LogP contribution in [0.15, 0.2) is 48.5 Å². The van der Waals surface area contributed by atoms with E-state index in [2.05, 4.69) is 29.6 Å². The van der Waals surface area contributed by atoms with Gasteiger partial charge in [-0.25, -0.2) is 4.79 Å². The highest BCUT2D eigenvalue weighted by molar-refractivity contribution is 5.79. The van der Waals surface area contributed by atoms with Crippen molar-refractivity contribution in [2.45, 2.75) is 50.0 Å². The van der Waals surface area contributed by atoms with Crippen LogP contribution in [0, 0.1) is 11.8 Å². The average molecular weight is 405 g/mol. The topological polar surface area (TPSA) is 75.6 Å². The number of ether oxygens (including phenoxy) is 1. The standard InChI is InChI=1S/C25H27NO4/c27-23(28)14-25(12-16-9-10-17(11-16)13-25)26-24(29)30-15-22-20-7-3-1-5-18(20)19-6-2-4-8-21(19)22/h1-8,16-17,22H,9-15H2,(H,26,29)(H,27,28)/t16-,17+,25?. The highest BCUT2D eigenvalue weighted by Gasteiger charge is 2.46. The molecule has 3 atom stereocenters. The van der Waals surface area contributed by atoms with Crippen molar-refractivity contribution in [3.05, 3.63) is 59.7 Å². The third kappa shape index (κ3) is 3.47. The highest BCUT2D eigenvalue weighted by Crippen LogP contribution is 2.48. The smallest absolute Gasteiger partial charge is 0.407 e. The van der Waals surface area contributed by atoms with E-state index in [9.17, 15) is 14.7 Å². The lowest BCUT2D eigenvalue weighted by molar-refractivity contribution is -0.139. The maximum absolute atomic E-state index is 12.8. The lowest BCUT2D eigenvalue weighted by Crippen LogP contribution is -2.53. The van der Waals surface area contributed by atoms with Gasteiger partial charge in [-0.15, -0.1) is 0 Å². The molecule has 2 aromatic rings. The molecule has 30 heavy (non-hydrogen) atoms. The second-order valence-corrected chi connectivity index (χ2v) is 9.25. The maximum Gasteiger partial charge on any atom is 0.407 e. The van der Waals surface area contributed by atoms with Crippen molar-refractivity contribution in [1.82, 2.24) is 5.32 Å². The first-order valence-electron chi connectivity index (χ1n) is 10.9. The molecule has 0 radical (unpaired) electrons. The molecule has 0 aromatic heterocycles. The number of hydrogen-bond acceptors (Lipinski definition) is 3. The van der Waals surface area contributed by atoms with Gasteiger partial charge in [-0.1, -0.05) is 61.4 Å². The Labute approximate surface area is 176 Å². The van der Waals surface area contributed by atoms with Crippen LogP contribution in [0.3, 0.4) is 0 Å². The average Bonchev–Trinajstić information content (AvgIpc) is 3.23. The first-order valence-corrected chi connectivity index (χ1v) is 10.9. The summed E-state index contributed by atoms with van der Waals surface area (Å²) in [4.78, 5) is 24.3. The summed E-state index contributed by atoms with van der Waals surface area (Å²) < 4.78 is 5.70. The first-order chi connectivity index (χ1) is 14.5. The number of alkyl carbamates (subject to hydrolysis) is 1. The summed E-state index contributed by atoms with van der Waals surface area (Å²) in [6.45, 7) is 0.246. The van der Waals surface area contributed by atoms with E-state index in [1.807, 2.05) is 24.3 Å². The summed E-state index contributed by atoms with van der Waals surface area (Å²) >= 11 is 0. The van der Waals surface area contributed by atoms with Gasteiger partial charge in [0, 0.05) is 5.92 Å². The molecule has 5 nitrogen and oxygen atoms in total. The minimum absolute atomic E-state index is 0.00103. The molecule has 0 spiro atoms. The molecule has 0 aliphatic heterocycles. The summed E-state index contributed by atoms with van der Waals surface area (Å²) in [6, 6.07) is 16.5. The van der Waals surface area contributed by atoms with E-state index < -0.39 is 17.6 Å². The predicted octanol–water partition coefficient (Wildman–Crippen LogP) is 4.95. The fourth-order valence-corrected chi connectivity index (χ4v) is 6.17. The van der Waals surface area contributed by atoms with Crippen LogP contribution in [0.4, 0.5) is 4.79 Å². The number of rotatable bonds is 5. The van der Waals surface area contributed by atoms with Crippen LogP contribution in [-0.4, -0.2) is 29.3 Å². The van der Waals surface area contributed by atoms with Crippen molar-refractivity contribution in [1.29, 1.82) is 0 Å². The molecular formula is C25H27NO4. The molecule has 2 saturated carbocycles.